The normalized spacial score (nSPS) is 13.1. The Bertz CT molecular complexity index is 2140. The molecule has 0 radical (unpaired) electrons. The van der Waals surface area contributed by atoms with Gasteiger partial charge in [-0.25, -0.2) is 0 Å². The van der Waals surface area contributed by atoms with E-state index in [1.807, 2.05) is 0 Å². The first kappa shape index (κ1) is 47.5. The van der Waals surface area contributed by atoms with Crippen LogP contribution in [0.1, 0.15) is 20.8 Å². The average Bonchev–Trinajstić information content (AvgIpc) is 3.79. The number of nitrogens with zero attached hydrogens (tertiary/aromatic N) is 6. The number of ether oxygens (including phenoxy) is 6. The molecule has 0 aliphatic heterocycles. The Morgan fingerprint density at radius 2 is 0.982 bits per heavy atom. The number of hydrogen-bond acceptors (Lipinski definition) is 12. The fourth-order valence-corrected chi connectivity index (χ4v) is 7.36. The monoisotopic (exact) mass is 878 g/mol. The van der Waals surface area contributed by atoms with Crippen LogP contribution < -0.4 is 97.5 Å². The summed E-state index contributed by atoms with van der Waals surface area (Å²) in [6.07, 6.45) is 2.89. The second-order valence-electron chi connectivity index (χ2n) is 10.2. The smallest absolute Gasteiger partial charge is 0.493 e. The third-order valence-electron chi connectivity index (χ3n) is 7.01. The van der Waals surface area contributed by atoms with Crippen LogP contribution in [-0.4, -0.2) is 70.0 Å². The Balaban J connectivity index is 0.000000290. The molecule has 4 heterocycles. The van der Waals surface area contributed by atoms with Crippen LogP contribution in [0.4, 0.5) is 17.6 Å². The summed E-state index contributed by atoms with van der Waals surface area (Å²) < 4.78 is 102. The molecule has 0 bridgehead atoms. The molecule has 0 N–H and O–H groups in total. The van der Waals surface area contributed by atoms with Gasteiger partial charge in [0.1, 0.15) is 22.9 Å². The Morgan fingerprint density at radius 1 is 0.607 bits per heavy atom. The maximum Gasteiger partial charge on any atom is 1.00 e. The van der Waals surface area contributed by atoms with E-state index in [2.05, 4.69) is 39.4 Å². The van der Waals surface area contributed by atoms with E-state index in [-0.39, 0.29) is 115 Å². The molecule has 0 amide bonds. The number of rotatable bonds is 14. The van der Waals surface area contributed by atoms with Gasteiger partial charge in [-0.1, -0.05) is 12.1 Å². The van der Waals surface area contributed by atoms with Gasteiger partial charge in [0.05, 0.1) is 50.0 Å². The minimum absolute atomic E-state index is 0. The van der Waals surface area contributed by atoms with E-state index in [0.29, 0.717) is 22.5 Å². The predicted molar refractivity (Wildman–Crippen MR) is 188 cm³/mol. The summed E-state index contributed by atoms with van der Waals surface area (Å²) in [5.74, 6) is 1.11. The number of benzene rings is 2. The van der Waals surface area contributed by atoms with Crippen molar-refractivity contribution in [1.82, 2.24) is 29.9 Å². The van der Waals surface area contributed by atoms with Crippen LogP contribution in [0.15, 0.2) is 71.2 Å². The van der Waals surface area contributed by atoms with Crippen molar-refractivity contribution in [3.8, 4) is 34.5 Å². The van der Waals surface area contributed by atoms with Gasteiger partial charge in [0.15, 0.2) is 32.4 Å². The molecule has 2 aromatic carbocycles. The summed E-state index contributed by atoms with van der Waals surface area (Å²) in [6.45, 7) is -5.92. The fraction of sp³-hybridized carbons (Fsp3) is 0.250. The molecule has 0 saturated carbocycles. The molecule has 56 heavy (non-hydrogen) atoms. The number of alkyl halides is 6. The van der Waals surface area contributed by atoms with Crippen molar-refractivity contribution in [3.63, 3.8) is 0 Å². The number of aromatic nitrogens is 6. The number of fused-ring (bicyclic) bond motifs is 2. The maximum absolute atomic E-state index is 12.8. The molecular weight excluding hydrogens is 853 g/mol. The van der Waals surface area contributed by atoms with Crippen LogP contribution in [0, 0.1) is 0 Å². The van der Waals surface area contributed by atoms with Gasteiger partial charge in [0.2, 0.25) is 0 Å². The summed E-state index contributed by atoms with van der Waals surface area (Å²) in [4.78, 5) is 24.7. The van der Waals surface area contributed by atoms with Gasteiger partial charge in [-0.2, -0.15) is 17.6 Å². The van der Waals surface area contributed by atoms with E-state index in [9.17, 15) is 26.0 Å². The number of pyridine rings is 2. The van der Waals surface area contributed by atoms with Crippen LogP contribution in [0.25, 0.3) is 22.1 Å². The van der Waals surface area contributed by atoms with Crippen LogP contribution in [0.5, 0.6) is 34.5 Å². The molecule has 0 saturated heterocycles. The van der Waals surface area contributed by atoms with E-state index in [0.717, 1.165) is 0 Å². The SMILES string of the molecule is COc1ccnc([C@@H](Cl)[S@@](=O)c2nc3cc(OC(F)F)ccc3[n-]2)c1OC.COc1ccnc([C@@H](Cl)[S@](=O)c2nc3cc(OC(F)F)ccc3[n-]2)c1OC.[Na+].[Na+]. The van der Waals surface area contributed by atoms with Crippen molar-refractivity contribution in [3.05, 3.63) is 72.3 Å². The van der Waals surface area contributed by atoms with E-state index in [1.165, 1.54) is 77.2 Å². The van der Waals surface area contributed by atoms with Crippen LogP contribution in [-0.2, 0) is 21.6 Å². The van der Waals surface area contributed by atoms with Crippen molar-refractivity contribution < 1.29 is 114 Å². The van der Waals surface area contributed by atoms with Crippen molar-refractivity contribution in [2.45, 2.75) is 33.0 Å². The van der Waals surface area contributed by atoms with Crippen molar-refractivity contribution >= 4 is 66.9 Å². The molecule has 4 atom stereocenters. The molecule has 0 aliphatic rings. The van der Waals surface area contributed by atoms with Gasteiger partial charge in [-0.3, -0.25) is 18.4 Å². The Hall–Kier alpha value is -2.92. The van der Waals surface area contributed by atoms with Crippen molar-refractivity contribution in [2.24, 2.45) is 0 Å². The molecule has 4 aromatic heterocycles. The second kappa shape index (κ2) is 21.7. The van der Waals surface area contributed by atoms with Gasteiger partial charge in [-0.05, 0) is 46.3 Å². The summed E-state index contributed by atoms with van der Waals surface area (Å²) >= 11 is 12.7. The van der Waals surface area contributed by atoms with Gasteiger partial charge < -0.3 is 48.4 Å². The number of methoxy groups -OCH3 is 4. The van der Waals surface area contributed by atoms with Crippen molar-refractivity contribution in [1.29, 1.82) is 0 Å². The van der Waals surface area contributed by atoms with Crippen LogP contribution in [0.3, 0.4) is 0 Å². The first-order valence-corrected chi connectivity index (χ1v) is 18.2. The minimum Gasteiger partial charge on any atom is -0.493 e. The summed E-state index contributed by atoms with van der Waals surface area (Å²) in [6, 6.07) is 11.2. The minimum atomic E-state index is -2.96. The van der Waals surface area contributed by atoms with E-state index in [1.54, 1.807) is 12.1 Å². The standard InChI is InChI=1S/2C16H13ClF2N3O4S.2Na/c2*1-24-11-5-6-20-12(13(11)25-2)14(17)27(23)16-21-9-4-3-8(26-15(18)19)7-10(9)22-16;;/h2*3-7,14-15H,1-2H3;;/q2*-1;2*+1/t14-,27+;14-,27-;;/m00../s1. The molecule has 0 unspecified atom stereocenters. The van der Waals surface area contributed by atoms with Gasteiger partial charge >= 0.3 is 72.3 Å². The third kappa shape index (κ3) is 11.2. The summed E-state index contributed by atoms with van der Waals surface area (Å²) in [7, 11) is 1.93. The van der Waals surface area contributed by atoms with E-state index < -0.39 is 44.2 Å². The fourth-order valence-electron chi connectivity index (χ4n) is 4.70. The zero-order chi connectivity index (χ0) is 39.1. The van der Waals surface area contributed by atoms with Gasteiger partial charge in [0, 0.05) is 34.8 Å². The maximum atomic E-state index is 12.8. The quantitative estimate of drug-likeness (QED) is 0.0843. The number of halogens is 6. The molecule has 14 nitrogen and oxygen atoms in total. The van der Waals surface area contributed by atoms with Crippen LogP contribution >= 0.6 is 23.2 Å². The van der Waals surface area contributed by atoms with E-state index in [4.69, 9.17) is 42.1 Å². The first-order valence-electron chi connectivity index (χ1n) is 14.9. The largest absolute Gasteiger partial charge is 1.00 e. The second-order valence-corrected chi connectivity index (χ2v) is 14.4. The molecule has 0 spiro atoms. The molecule has 6 aromatic rings. The predicted octanol–water partition coefficient (Wildman–Crippen LogP) is 0.510. The molecular formula is C32H26Cl2F4N6Na2O8S2. The van der Waals surface area contributed by atoms with Crippen LogP contribution in [0.2, 0.25) is 0 Å². The third-order valence-corrected chi connectivity index (χ3v) is 10.7. The number of hydrogen-bond donors (Lipinski definition) is 0. The molecule has 0 fully saturated rings. The molecule has 24 heteroatoms. The van der Waals surface area contributed by atoms with Gasteiger partial charge in [-0.15, -0.1) is 23.2 Å². The zero-order valence-corrected chi connectivity index (χ0v) is 37.3. The molecule has 288 valence electrons. The first-order chi connectivity index (χ1) is 25.9. The molecule has 0 aliphatic carbocycles. The summed E-state index contributed by atoms with van der Waals surface area (Å²) in [5.41, 5.74) is 1.65. The Kier molecular flexibility index (Phi) is 18.4. The Morgan fingerprint density at radius 3 is 1.30 bits per heavy atom. The van der Waals surface area contributed by atoms with E-state index >= 15 is 0 Å². The van der Waals surface area contributed by atoms with Gasteiger partial charge in [0.25, 0.3) is 0 Å². The topological polar surface area (TPSA) is 169 Å². The molecule has 6 rings (SSSR count). The number of imidazole rings is 2. The summed E-state index contributed by atoms with van der Waals surface area (Å²) in [5, 5.41) is -0.128. The Labute approximate surface area is 375 Å². The van der Waals surface area contributed by atoms with Crippen molar-refractivity contribution in [2.75, 3.05) is 28.4 Å². The zero-order valence-electron chi connectivity index (χ0n) is 30.1. The average molecular weight is 880 g/mol.